The highest BCUT2D eigenvalue weighted by Crippen LogP contribution is 2.19. The molecule has 0 aliphatic heterocycles. The van der Waals surface area contributed by atoms with E-state index >= 15 is 0 Å². The van der Waals surface area contributed by atoms with Crippen molar-refractivity contribution in [2.45, 2.75) is 5.75 Å². The molecule has 0 radical (unpaired) electrons. The molecule has 1 heterocycles. The number of thioether (sulfide) groups is 1. The second kappa shape index (κ2) is 12.7. The first-order valence-electron chi connectivity index (χ1n) is 7.66. The molecule has 136 valence electrons. The van der Waals surface area contributed by atoms with Gasteiger partial charge in [0, 0.05) is 37.8 Å². The normalized spacial score (nSPS) is 11.6. The first kappa shape index (κ1) is 20.4. The van der Waals surface area contributed by atoms with Gasteiger partial charge < -0.3 is 21.1 Å². The van der Waals surface area contributed by atoms with Crippen LogP contribution in [0.1, 0.15) is 5.69 Å². The van der Waals surface area contributed by atoms with Crippen molar-refractivity contribution in [2.75, 3.05) is 39.5 Å². The van der Waals surface area contributed by atoms with Gasteiger partial charge in [-0.05, 0) is 12.1 Å². The van der Waals surface area contributed by atoms with Crippen LogP contribution < -0.4 is 26.4 Å². The van der Waals surface area contributed by atoms with Crippen LogP contribution in [0.25, 0.3) is 0 Å². The summed E-state index contributed by atoms with van der Waals surface area (Å²) in [7, 11) is 3.23. The summed E-state index contributed by atoms with van der Waals surface area (Å²) in [5, 5.41) is 16.9. The van der Waals surface area contributed by atoms with E-state index < -0.39 is 0 Å². The van der Waals surface area contributed by atoms with Crippen LogP contribution >= 0.6 is 11.8 Å². The van der Waals surface area contributed by atoms with Gasteiger partial charge in [-0.3, -0.25) is 20.3 Å². The largest absolute Gasteiger partial charge is 0.495 e. The Bertz CT molecular complexity index is 614. The molecule has 0 saturated carbocycles. The Morgan fingerprint density at radius 3 is 2.96 bits per heavy atom. The molecule has 0 aliphatic carbocycles. The van der Waals surface area contributed by atoms with Crippen molar-refractivity contribution < 1.29 is 4.74 Å². The Balaban J connectivity index is 2.16. The van der Waals surface area contributed by atoms with Crippen LogP contribution in [0.15, 0.2) is 28.3 Å². The highest BCUT2D eigenvalue weighted by Gasteiger charge is 2.02. The summed E-state index contributed by atoms with van der Waals surface area (Å²) < 4.78 is 5.27. The minimum atomic E-state index is 0.390. The van der Waals surface area contributed by atoms with Gasteiger partial charge in [-0.2, -0.15) is 17.0 Å². The molecule has 1 aromatic heterocycles. The van der Waals surface area contributed by atoms with Gasteiger partial charge in [0.15, 0.2) is 12.2 Å². The third-order valence-corrected chi connectivity index (χ3v) is 3.90. The lowest BCUT2D eigenvalue weighted by Crippen LogP contribution is -2.41. The molecule has 1 aromatic rings. The van der Waals surface area contributed by atoms with Crippen LogP contribution in [0.3, 0.4) is 0 Å². The number of pyridine rings is 1. The quantitative estimate of drug-likeness (QED) is 0.157. The third-order valence-electron chi connectivity index (χ3n) is 2.95. The highest BCUT2D eigenvalue weighted by atomic mass is 32.2. The van der Waals surface area contributed by atoms with Crippen LogP contribution in [0.4, 0.5) is 0 Å². The third kappa shape index (κ3) is 8.66. The molecule has 0 saturated heterocycles. The predicted octanol–water partition coefficient (Wildman–Crippen LogP) is -0.126. The summed E-state index contributed by atoms with van der Waals surface area (Å²) in [6.45, 7) is 1.75. The SMILES string of the molecule is CN=C(NC#N)NCCNC(N)=NCCSCc1ncccc1OC. The number of nitrogens with one attached hydrogen (secondary N) is 3. The molecule has 1 rings (SSSR count). The van der Waals surface area contributed by atoms with Crippen molar-refractivity contribution in [3.63, 3.8) is 0 Å². The summed E-state index contributed by atoms with van der Waals surface area (Å²) in [5.41, 5.74) is 6.72. The summed E-state index contributed by atoms with van der Waals surface area (Å²) in [6, 6.07) is 3.75. The maximum Gasteiger partial charge on any atom is 0.204 e. The summed E-state index contributed by atoms with van der Waals surface area (Å²) in [6.07, 6.45) is 3.56. The number of ether oxygens (including phenoxy) is 1. The van der Waals surface area contributed by atoms with Crippen LogP contribution in [0, 0.1) is 11.5 Å². The van der Waals surface area contributed by atoms with E-state index in [0.717, 1.165) is 22.9 Å². The number of hydrogen-bond donors (Lipinski definition) is 4. The Hall–Kier alpha value is -2.67. The lowest BCUT2D eigenvalue weighted by Gasteiger charge is -2.09. The van der Waals surface area contributed by atoms with E-state index in [1.807, 2.05) is 12.1 Å². The first-order chi connectivity index (χ1) is 12.2. The topological polar surface area (TPSA) is 133 Å². The predicted molar refractivity (Wildman–Crippen MR) is 102 cm³/mol. The molecular formula is C15H24N8OS. The molecule has 0 unspecified atom stereocenters. The van der Waals surface area contributed by atoms with Crippen molar-refractivity contribution in [1.82, 2.24) is 20.9 Å². The van der Waals surface area contributed by atoms with Gasteiger partial charge in [0.05, 0.1) is 19.3 Å². The molecule has 5 N–H and O–H groups in total. The van der Waals surface area contributed by atoms with Gasteiger partial charge in [-0.25, -0.2) is 0 Å². The lowest BCUT2D eigenvalue weighted by molar-refractivity contribution is 0.409. The number of hydrogen-bond acceptors (Lipinski definition) is 6. The molecule has 0 aliphatic rings. The van der Waals surface area contributed by atoms with E-state index in [0.29, 0.717) is 31.6 Å². The second-order valence-electron chi connectivity index (χ2n) is 4.63. The molecule has 0 spiro atoms. The Labute approximate surface area is 152 Å². The molecule has 0 amide bonds. The molecule has 0 atom stereocenters. The Morgan fingerprint density at radius 2 is 2.24 bits per heavy atom. The van der Waals surface area contributed by atoms with Crippen LogP contribution in [-0.4, -0.2) is 56.4 Å². The maximum absolute atomic E-state index is 8.51. The van der Waals surface area contributed by atoms with Crippen LogP contribution in [0.2, 0.25) is 0 Å². The maximum atomic E-state index is 8.51. The van der Waals surface area contributed by atoms with E-state index in [2.05, 4.69) is 30.9 Å². The minimum Gasteiger partial charge on any atom is -0.495 e. The van der Waals surface area contributed by atoms with Crippen molar-refractivity contribution in [1.29, 1.82) is 5.26 Å². The summed E-state index contributed by atoms with van der Waals surface area (Å²) in [4.78, 5) is 12.4. The number of nitrogens with zero attached hydrogens (tertiary/aromatic N) is 4. The van der Waals surface area contributed by atoms with Crippen molar-refractivity contribution in [3.8, 4) is 11.9 Å². The average molecular weight is 364 g/mol. The van der Waals surface area contributed by atoms with E-state index in [1.165, 1.54) is 0 Å². The molecule has 10 heteroatoms. The van der Waals surface area contributed by atoms with Gasteiger partial charge in [0.2, 0.25) is 5.96 Å². The number of aliphatic imine (C=N–C) groups is 2. The van der Waals surface area contributed by atoms with E-state index in [-0.39, 0.29) is 0 Å². The standard InChI is InChI=1S/C15H24N8OS/c1-18-15(23-11-16)22-7-6-20-14(17)21-8-9-25-10-12-13(24-2)4-3-5-19-12/h3-5H,6-10H2,1-2H3,(H3,17,20,21)(H2,18,22,23). The molecule has 0 fully saturated rings. The van der Waals surface area contributed by atoms with Gasteiger partial charge >= 0.3 is 0 Å². The molecule has 25 heavy (non-hydrogen) atoms. The smallest absolute Gasteiger partial charge is 0.204 e. The second-order valence-corrected chi connectivity index (χ2v) is 5.74. The van der Waals surface area contributed by atoms with Crippen LogP contribution in [-0.2, 0) is 5.75 Å². The van der Waals surface area contributed by atoms with Gasteiger partial charge in [-0.1, -0.05) is 0 Å². The molecule has 0 aromatic carbocycles. The van der Waals surface area contributed by atoms with Gasteiger partial charge in [-0.15, -0.1) is 0 Å². The van der Waals surface area contributed by atoms with Crippen molar-refractivity contribution in [3.05, 3.63) is 24.0 Å². The van der Waals surface area contributed by atoms with E-state index in [4.69, 9.17) is 15.7 Å². The fraction of sp³-hybridized carbons (Fsp3) is 0.467. The zero-order chi connectivity index (χ0) is 18.3. The van der Waals surface area contributed by atoms with Gasteiger partial charge in [0.25, 0.3) is 0 Å². The average Bonchev–Trinajstić information content (AvgIpc) is 2.64. The van der Waals surface area contributed by atoms with E-state index in [9.17, 15) is 0 Å². The fourth-order valence-electron chi connectivity index (χ4n) is 1.78. The van der Waals surface area contributed by atoms with Crippen molar-refractivity contribution >= 4 is 23.7 Å². The van der Waals surface area contributed by atoms with E-state index in [1.54, 1.807) is 38.3 Å². The summed E-state index contributed by atoms with van der Waals surface area (Å²) >= 11 is 1.72. The number of rotatable bonds is 9. The minimum absolute atomic E-state index is 0.390. The molecule has 0 bridgehead atoms. The lowest BCUT2D eigenvalue weighted by atomic mass is 10.3. The number of guanidine groups is 2. The fourth-order valence-corrected chi connectivity index (χ4v) is 2.55. The highest BCUT2D eigenvalue weighted by molar-refractivity contribution is 7.98. The first-order valence-corrected chi connectivity index (χ1v) is 8.82. The zero-order valence-corrected chi connectivity index (χ0v) is 15.3. The van der Waals surface area contributed by atoms with Crippen molar-refractivity contribution in [2.24, 2.45) is 15.7 Å². The number of nitrogens with two attached hydrogens (primary N) is 1. The van der Waals surface area contributed by atoms with Crippen LogP contribution in [0.5, 0.6) is 5.75 Å². The Morgan fingerprint density at radius 1 is 1.44 bits per heavy atom. The number of nitriles is 1. The zero-order valence-electron chi connectivity index (χ0n) is 14.5. The number of aromatic nitrogens is 1. The molecule has 9 nitrogen and oxygen atoms in total. The summed E-state index contributed by atoms with van der Waals surface area (Å²) in [5.74, 6) is 3.20. The number of methoxy groups -OCH3 is 1. The molecular weight excluding hydrogens is 340 g/mol. The van der Waals surface area contributed by atoms with Gasteiger partial charge in [0.1, 0.15) is 5.75 Å². The monoisotopic (exact) mass is 364 g/mol. The Kier molecular flexibility index (Phi) is 10.4.